The molecule has 1 aromatic rings. The maximum absolute atomic E-state index is 12.4. The highest BCUT2D eigenvalue weighted by Crippen LogP contribution is 2.48. The highest BCUT2D eigenvalue weighted by molar-refractivity contribution is 7.95. The van der Waals surface area contributed by atoms with E-state index in [1.54, 1.807) is 12.1 Å². The van der Waals surface area contributed by atoms with Gasteiger partial charge in [0.05, 0.1) is 42.9 Å². The number of nitrogens with two attached hydrogens (primary N) is 1. The van der Waals surface area contributed by atoms with E-state index in [9.17, 15) is 4.79 Å². The number of nitrogens with zero attached hydrogens (tertiary/aromatic N) is 3. The molecule has 11 nitrogen and oxygen atoms in total. The molecule has 10 unspecified atom stereocenters. The molecule has 7 aliphatic rings. The molecule has 1 amide bonds. The van der Waals surface area contributed by atoms with Gasteiger partial charge in [0, 0.05) is 48.7 Å². The van der Waals surface area contributed by atoms with E-state index in [2.05, 4.69) is 61.8 Å². The average Bonchev–Trinajstić information content (AvgIpc) is 3.88. The normalized spacial score (nSPS) is 34.1. The summed E-state index contributed by atoms with van der Waals surface area (Å²) in [5, 5.41) is 19.7. The first-order valence-corrected chi connectivity index (χ1v) is 22.3. The molecule has 8 rings (SSSR count). The SMILES string of the molecule is CCCCCNC(=O)CCCCOC(C)C1=C(C)C(NC2N=CC3CCCCC32)N2Sn3c(N)c4c(c3NC3NC(NC12)C1CCCCC31)CCCC4. The van der Waals surface area contributed by atoms with Crippen molar-refractivity contribution in [1.82, 2.24) is 29.5 Å². The van der Waals surface area contributed by atoms with Crippen molar-refractivity contribution >= 4 is 35.9 Å². The van der Waals surface area contributed by atoms with Crippen LogP contribution in [-0.4, -0.2) is 70.5 Å². The Bertz CT molecular complexity index is 1510. The summed E-state index contributed by atoms with van der Waals surface area (Å²) in [6.07, 6.45) is 22.9. The highest BCUT2D eigenvalue weighted by atomic mass is 32.2. The van der Waals surface area contributed by atoms with Gasteiger partial charge in [-0.3, -0.25) is 25.7 Å². The molecule has 2 bridgehead atoms. The third kappa shape index (κ3) is 7.71. The smallest absolute Gasteiger partial charge is 0.219 e. The molecule has 3 aliphatic carbocycles. The Morgan fingerprint density at radius 1 is 0.981 bits per heavy atom. The summed E-state index contributed by atoms with van der Waals surface area (Å²) in [7, 11) is 0. The van der Waals surface area contributed by atoms with Gasteiger partial charge in [-0.2, -0.15) is 4.31 Å². The predicted molar refractivity (Wildman–Crippen MR) is 216 cm³/mol. The maximum Gasteiger partial charge on any atom is 0.219 e. The van der Waals surface area contributed by atoms with E-state index < -0.39 is 0 Å². The lowest BCUT2D eigenvalue weighted by atomic mass is 9.79. The summed E-state index contributed by atoms with van der Waals surface area (Å²) in [6.45, 7) is 8.16. The Hall–Kier alpha value is -2.09. The van der Waals surface area contributed by atoms with Crippen LogP contribution in [0.25, 0.3) is 0 Å². The number of rotatable bonds is 13. The highest BCUT2D eigenvalue weighted by Gasteiger charge is 2.51. The van der Waals surface area contributed by atoms with Gasteiger partial charge in [0.1, 0.15) is 17.8 Å². The van der Waals surface area contributed by atoms with Crippen molar-refractivity contribution in [3.05, 3.63) is 22.3 Å². The molecule has 3 fully saturated rings. The van der Waals surface area contributed by atoms with E-state index in [-0.39, 0.29) is 42.8 Å². The van der Waals surface area contributed by atoms with E-state index in [1.807, 2.05) is 0 Å². The molecule has 12 heteroatoms. The summed E-state index contributed by atoms with van der Waals surface area (Å²) in [5.74, 6) is 4.53. The summed E-state index contributed by atoms with van der Waals surface area (Å²) < 4.78 is 11.6. The van der Waals surface area contributed by atoms with Crippen LogP contribution >= 0.6 is 12.1 Å². The number of aliphatic imine (C=N–C) groups is 1. The second-order valence-corrected chi connectivity index (χ2v) is 18.1. The fraction of sp³-hybridized carbons (Fsp3) is 0.805. The van der Waals surface area contributed by atoms with Crippen molar-refractivity contribution in [2.24, 2.45) is 28.7 Å². The van der Waals surface area contributed by atoms with Gasteiger partial charge in [0.25, 0.3) is 0 Å². The number of nitrogen functional groups attached to an aromatic ring is 1. The third-order valence-corrected chi connectivity index (χ3v) is 15.0. The average molecular weight is 750 g/mol. The molecule has 5 heterocycles. The molecule has 0 radical (unpaired) electrons. The number of ether oxygens (including phenoxy) is 1. The van der Waals surface area contributed by atoms with Crippen molar-refractivity contribution in [3.8, 4) is 0 Å². The first kappa shape index (κ1) is 37.8. The zero-order chi connectivity index (χ0) is 36.5. The first-order valence-electron chi connectivity index (χ1n) is 21.6. The van der Waals surface area contributed by atoms with Gasteiger partial charge in [0.2, 0.25) is 5.91 Å². The summed E-state index contributed by atoms with van der Waals surface area (Å²) in [5.41, 5.74) is 12.6. The van der Waals surface area contributed by atoms with Crippen molar-refractivity contribution in [3.63, 3.8) is 0 Å². The standard InChI is InChI=1S/C41H67N9O2S/c1-4-5-13-22-43-33(51)21-12-14-23-52-26(3)34-25(2)39(46-36-28-16-7-6-15-27(28)24-44-36)50-41(34)48-38-31-19-10-9-18-30(31)37(45-38)47-40-32-20-11-8-17-29(32)35(42)49(40)53-50/h24,26-28,30-31,36-39,41,45-48H,4-23,42H2,1-3H3,(H,43,51). The van der Waals surface area contributed by atoms with Crippen LogP contribution in [-0.2, 0) is 22.4 Å². The van der Waals surface area contributed by atoms with Crippen LogP contribution in [0, 0.1) is 23.7 Å². The zero-order valence-corrected chi connectivity index (χ0v) is 33.5. The molecule has 294 valence electrons. The van der Waals surface area contributed by atoms with Crippen LogP contribution in [0.15, 0.2) is 16.1 Å². The Labute approximate surface area is 322 Å². The molecule has 53 heavy (non-hydrogen) atoms. The number of fused-ring (bicyclic) bond motifs is 10. The number of hydrogen-bond donors (Lipinski definition) is 6. The summed E-state index contributed by atoms with van der Waals surface area (Å²) >= 11 is 1.78. The lowest BCUT2D eigenvalue weighted by Gasteiger charge is -2.38. The number of nitrogens with one attached hydrogen (secondary N) is 5. The Morgan fingerprint density at radius 2 is 1.74 bits per heavy atom. The molecule has 0 aromatic carbocycles. The molecule has 7 N–H and O–H groups in total. The van der Waals surface area contributed by atoms with Gasteiger partial charge < -0.3 is 21.1 Å². The van der Waals surface area contributed by atoms with Crippen LogP contribution in [0.4, 0.5) is 11.6 Å². The predicted octanol–water partition coefficient (Wildman–Crippen LogP) is 6.41. The van der Waals surface area contributed by atoms with Gasteiger partial charge in [-0.05, 0) is 107 Å². The van der Waals surface area contributed by atoms with E-state index in [0.29, 0.717) is 36.7 Å². The van der Waals surface area contributed by atoms with E-state index >= 15 is 0 Å². The van der Waals surface area contributed by atoms with E-state index in [4.69, 9.17) is 15.5 Å². The quantitative estimate of drug-likeness (QED) is 0.0770. The van der Waals surface area contributed by atoms with Crippen LogP contribution in [0.3, 0.4) is 0 Å². The zero-order valence-electron chi connectivity index (χ0n) is 32.6. The number of hydrogen-bond acceptors (Lipinski definition) is 10. The van der Waals surface area contributed by atoms with Gasteiger partial charge in [-0.25, -0.2) is 3.97 Å². The molecule has 4 aliphatic heterocycles. The van der Waals surface area contributed by atoms with E-state index in [1.165, 1.54) is 98.7 Å². The van der Waals surface area contributed by atoms with Gasteiger partial charge in [0.15, 0.2) is 0 Å². The molecule has 0 spiro atoms. The van der Waals surface area contributed by atoms with Gasteiger partial charge >= 0.3 is 0 Å². The number of carbonyl (C=O) groups excluding carboxylic acids is 1. The number of unbranched alkanes of at least 4 members (excludes halogenated alkanes) is 3. The van der Waals surface area contributed by atoms with Crippen molar-refractivity contribution in [1.29, 1.82) is 0 Å². The molecule has 1 aromatic heterocycles. The fourth-order valence-electron chi connectivity index (χ4n) is 10.9. The van der Waals surface area contributed by atoms with Crippen LogP contribution < -0.4 is 32.3 Å². The number of carbonyl (C=O) groups is 1. The summed E-state index contributed by atoms with van der Waals surface area (Å²) in [6, 6.07) is 0. The van der Waals surface area contributed by atoms with Gasteiger partial charge in [-0.1, -0.05) is 45.4 Å². The number of anilines is 2. The van der Waals surface area contributed by atoms with Crippen LogP contribution in [0.2, 0.25) is 0 Å². The van der Waals surface area contributed by atoms with Gasteiger partial charge in [-0.15, -0.1) is 0 Å². The first-order chi connectivity index (χ1) is 25.9. The Kier molecular flexibility index (Phi) is 12.1. The van der Waals surface area contributed by atoms with Crippen molar-refractivity contribution in [2.45, 2.75) is 173 Å². The molecule has 2 saturated carbocycles. The molecule has 10 atom stereocenters. The van der Waals surface area contributed by atoms with E-state index in [0.717, 1.165) is 50.9 Å². The van der Waals surface area contributed by atoms with Crippen LogP contribution in [0.5, 0.6) is 0 Å². The lowest BCUT2D eigenvalue weighted by Crippen LogP contribution is -2.58. The minimum absolute atomic E-state index is 0.0387. The second-order valence-electron chi connectivity index (χ2n) is 17.2. The monoisotopic (exact) mass is 750 g/mol. The largest absolute Gasteiger partial charge is 0.384 e. The third-order valence-electron chi connectivity index (χ3n) is 13.8. The fourth-order valence-corrected chi connectivity index (χ4v) is 12.1. The maximum atomic E-state index is 12.4. The summed E-state index contributed by atoms with van der Waals surface area (Å²) in [4.78, 5) is 17.6. The minimum Gasteiger partial charge on any atom is -0.384 e. The minimum atomic E-state index is -0.0881. The number of aromatic nitrogens is 1. The Balaban J connectivity index is 1.07. The Morgan fingerprint density at radius 3 is 2.55 bits per heavy atom. The molecular weight excluding hydrogens is 683 g/mol. The van der Waals surface area contributed by atoms with Crippen molar-refractivity contribution in [2.75, 3.05) is 24.2 Å². The topological polar surface area (TPSA) is 133 Å². The molecule has 1 saturated heterocycles. The lowest BCUT2D eigenvalue weighted by molar-refractivity contribution is -0.121. The van der Waals surface area contributed by atoms with Crippen molar-refractivity contribution < 1.29 is 9.53 Å². The van der Waals surface area contributed by atoms with Crippen LogP contribution in [0.1, 0.15) is 135 Å². The molecular formula is C41H67N9O2S. The number of amides is 1. The second kappa shape index (κ2) is 17.0.